The van der Waals surface area contributed by atoms with E-state index < -0.39 is 0 Å². The van der Waals surface area contributed by atoms with Crippen LogP contribution in [0.25, 0.3) is 0 Å². The zero-order chi connectivity index (χ0) is 15.0. The van der Waals surface area contributed by atoms with Crippen LogP contribution in [0.5, 0.6) is 0 Å². The van der Waals surface area contributed by atoms with Crippen LogP contribution >= 0.6 is 35.3 Å². The fourth-order valence-electron chi connectivity index (χ4n) is 2.38. The van der Waals surface area contributed by atoms with Gasteiger partial charge in [-0.1, -0.05) is 23.7 Å². The number of hydrogen-bond donors (Lipinski definition) is 1. The molecule has 0 radical (unpaired) electrons. The first-order chi connectivity index (χ1) is 10.0. The molecule has 1 N–H and O–H groups in total. The molecular weight excluding hydrogens is 342 g/mol. The molecule has 1 aromatic carbocycles. The summed E-state index contributed by atoms with van der Waals surface area (Å²) in [6, 6.07) is 8.26. The normalized spacial score (nSPS) is 17.2. The summed E-state index contributed by atoms with van der Waals surface area (Å²) in [4.78, 5) is 7.10. The number of rotatable bonds is 2. The van der Waals surface area contributed by atoms with Gasteiger partial charge in [0, 0.05) is 21.5 Å². The lowest BCUT2D eigenvalue weighted by Crippen LogP contribution is -2.24. The van der Waals surface area contributed by atoms with E-state index >= 15 is 0 Å². The molecule has 0 saturated heterocycles. The molecule has 0 saturated carbocycles. The van der Waals surface area contributed by atoms with Gasteiger partial charge in [0.2, 0.25) is 0 Å². The van der Waals surface area contributed by atoms with Gasteiger partial charge >= 0.3 is 0 Å². The Balaban J connectivity index is 0.00000176. The molecule has 3 rings (SSSR count). The summed E-state index contributed by atoms with van der Waals surface area (Å²) in [5, 5.41) is 3.67. The van der Waals surface area contributed by atoms with Crippen LogP contribution in [-0.4, -0.2) is 5.84 Å². The molecule has 0 spiro atoms. The highest BCUT2D eigenvalue weighted by Gasteiger charge is 2.23. The van der Waals surface area contributed by atoms with Crippen molar-refractivity contribution in [3.63, 3.8) is 0 Å². The highest BCUT2D eigenvalue weighted by molar-refractivity contribution is 7.12. The van der Waals surface area contributed by atoms with Crippen LogP contribution in [0.4, 0.5) is 4.39 Å². The van der Waals surface area contributed by atoms with Crippen LogP contribution in [0.15, 0.2) is 46.6 Å². The van der Waals surface area contributed by atoms with Crippen LogP contribution < -0.4 is 5.32 Å². The molecule has 0 amide bonds. The number of nitrogens with one attached hydrogen (secondary N) is 1. The zero-order valence-corrected chi connectivity index (χ0v) is 14.5. The van der Waals surface area contributed by atoms with E-state index in [0.29, 0.717) is 16.4 Å². The van der Waals surface area contributed by atoms with E-state index in [-0.39, 0.29) is 24.3 Å². The molecule has 1 unspecified atom stereocenters. The van der Waals surface area contributed by atoms with Crippen molar-refractivity contribution in [2.45, 2.75) is 19.9 Å². The summed E-state index contributed by atoms with van der Waals surface area (Å²) in [5.41, 5.74) is 1.82. The minimum atomic E-state index is -0.281. The SMILES string of the molecule is Cc1cc(C2N=C(c3cccc(F)c3)NC=C2Cl)c(C)s1.Cl. The molecule has 2 aromatic rings. The first-order valence-electron chi connectivity index (χ1n) is 6.57. The van der Waals surface area contributed by atoms with Crippen molar-refractivity contribution in [1.29, 1.82) is 0 Å². The number of benzene rings is 1. The molecule has 1 aliphatic rings. The Morgan fingerprint density at radius 2 is 2.05 bits per heavy atom. The minimum Gasteiger partial charge on any atom is -0.345 e. The van der Waals surface area contributed by atoms with Crippen molar-refractivity contribution in [2.24, 2.45) is 4.99 Å². The summed E-state index contributed by atoms with van der Waals surface area (Å²) in [5.74, 6) is 0.351. The average Bonchev–Trinajstić information content (AvgIpc) is 2.78. The van der Waals surface area contributed by atoms with E-state index in [1.54, 1.807) is 23.6 Å². The van der Waals surface area contributed by atoms with Crippen molar-refractivity contribution in [3.05, 3.63) is 68.3 Å². The van der Waals surface area contributed by atoms with E-state index in [2.05, 4.69) is 30.2 Å². The van der Waals surface area contributed by atoms with E-state index in [1.807, 2.05) is 6.07 Å². The van der Waals surface area contributed by atoms with Crippen molar-refractivity contribution < 1.29 is 4.39 Å². The summed E-state index contributed by atoms with van der Waals surface area (Å²) in [6.07, 6.45) is 1.73. The van der Waals surface area contributed by atoms with Gasteiger partial charge in [-0.15, -0.1) is 23.7 Å². The van der Waals surface area contributed by atoms with Crippen molar-refractivity contribution >= 4 is 41.2 Å². The number of thiophene rings is 1. The number of aryl methyl sites for hydroxylation is 2. The molecule has 1 aliphatic heterocycles. The van der Waals surface area contributed by atoms with E-state index in [0.717, 1.165) is 5.56 Å². The Bertz CT molecular complexity index is 752. The van der Waals surface area contributed by atoms with Gasteiger partial charge in [-0.2, -0.15) is 0 Å². The smallest absolute Gasteiger partial charge is 0.133 e. The molecule has 2 heterocycles. The molecule has 0 aliphatic carbocycles. The lowest BCUT2D eigenvalue weighted by molar-refractivity contribution is 0.627. The van der Waals surface area contributed by atoms with Crippen LogP contribution in [0.2, 0.25) is 0 Å². The van der Waals surface area contributed by atoms with Crippen molar-refractivity contribution in [3.8, 4) is 0 Å². The predicted molar refractivity (Wildman–Crippen MR) is 93.8 cm³/mol. The van der Waals surface area contributed by atoms with Crippen LogP contribution in [-0.2, 0) is 0 Å². The molecule has 22 heavy (non-hydrogen) atoms. The number of hydrogen-bond acceptors (Lipinski definition) is 3. The third-order valence-electron chi connectivity index (χ3n) is 3.34. The van der Waals surface area contributed by atoms with Gasteiger partial charge in [-0.05, 0) is 37.6 Å². The van der Waals surface area contributed by atoms with E-state index in [1.165, 1.54) is 21.9 Å². The number of halogens is 3. The standard InChI is InChI=1S/C16H14ClFN2S.ClH/c1-9-6-13(10(2)21-9)15-14(17)8-19-16(20-15)11-4-3-5-12(18)7-11;/h3-8,15H,1-2H3,(H,19,20);1H. The fraction of sp³-hybridized carbons (Fsp3) is 0.188. The summed E-state index contributed by atoms with van der Waals surface area (Å²) < 4.78 is 13.4. The Labute approximate surface area is 144 Å². The highest BCUT2D eigenvalue weighted by Crippen LogP contribution is 2.36. The largest absolute Gasteiger partial charge is 0.345 e. The first kappa shape index (κ1) is 17.0. The Morgan fingerprint density at radius 1 is 1.27 bits per heavy atom. The summed E-state index contributed by atoms with van der Waals surface area (Å²) in [6.45, 7) is 4.13. The fourth-order valence-corrected chi connectivity index (χ4v) is 3.56. The van der Waals surface area contributed by atoms with E-state index in [9.17, 15) is 4.39 Å². The van der Waals surface area contributed by atoms with E-state index in [4.69, 9.17) is 11.6 Å². The summed E-state index contributed by atoms with van der Waals surface area (Å²) >= 11 is 8.03. The van der Waals surface area contributed by atoms with Crippen LogP contribution in [0.1, 0.15) is 26.9 Å². The molecule has 6 heteroatoms. The molecule has 0 fully saturated rings. The van der Waals surface area contributed by atoms with Gasteiger partial charge in [-0.3, -0.25) is 4.99 Å². The lowest BCUT2D eigenvalue weighted by atomic mass is 10.1. The maximum atomic E-state index is 13.4. The molecule has 1 aromatic heterocycles. The van der Waals surface area contributed by atoms with Crippen LogP contribution in [0.3, 0.4) is 0 Å². The quantitative estimate of drug-likeness (QED) is 0.795. The van der Waals surface area contributed by atoms with Gasteiger partial charge in [-0.25, -0.2) is 4.39 Å². The van der Waals surface area contributed by atoms with Crippen molar-refractivity contribution in [2.75, 3.05) is 0 Å². The third-order valence-corrected chi connectivity index (χ3v) is 4.64. The molecule has 2 nitrogen and oxygen atoms in total. The maximum absolute atomic E-state index is 13.4. The second kappa shape index (κ2) is 6.82. The zero-order valence-electron chi connectivity index (χ0n) is 12.1. The Morgan fingerprint density at radius 3 is 2.68 bits per heavy atom. The Hall–Kier alpha value is -1.36. The lowest BCUT2D eigenvalue weighted by Gasteiger charge is -2.20. The third kappa shape index (κ3) is 3.35. The van der Waals surface area contributed by atoms with Gasteiger partial charge in [0.1, 0.15) is 17.7 Å². The van der Waals surface area contributed by atoms with Gasteiger partial charge in [0.25, 0.3) is 0 Å². The Kier molecular flexibility index (Phi) is 5.27. The minimum absolute atomic E-state index is 0. The predicted octanol–water partition coefficient (Wildman–Crippen LogP) is 5.10. The molecule has 1 atom stereocenters. The summed E-state index contributed by atoms with van der Waals surface area (Å²) in [7, 11) is 0. The van der Waals surface area contributed by atoms with Crippen molar-refractivity contribution in [1.82, 2.24) is 5.32 Å². The first-order valence-corrected chi connectivity index (χ1v) is 7.77. The second-order valence-corrected chi connectivity index (χ2v) is 6.83. The molecule has 0 bridgehead atoms. The molecular formula is C16H15Cl2FN2S. The average molecular weight is 357 g/mol. The van der Waals surface area contributed by atoms with Gasteiger partial charge < -0.3 is 5.32 Å². The number of aliphatic imine (C=N–C) groups is 1. The topological polar surface area (TPSA) is 24.4 Å². The number of nitrogens with zero attached hydrogens (tertiary/aromatic N) is 1. The van der Waals surface area contributed by atoms with Gasteiger partial charge in [0.15, 0.2) is 0 Å². The van der Waals surface area contributed by atoms with Gasteiger partial charge in [0.05, 0.1) is 5.03 Å². The maximum Gasteiger partial charge on any atom is 0.133 e. The molecule has 116 valence electrons. The number of amidine groups is 1. The van der Waals surface area contributed by atoms with Crippen LogP contribution in [0, 0.1) is 19.7 Å². The highest BCUT2D eigenvalue weighted by atomic mass is 35.5. The monoisotopic (exact) mass is 356 g/mol. The second-order valence-electron chi connectivity index (χ2n) is 4.93.